The lowest BCUT2D eigenvalue weighted by molar-refractivity contribution is 0.0794. The molecule has 0 aliphatic heterocycles. The molecule has 0 radical (unpaired) electrons. The molecule has 86 valence electrons. The maximum Gasteiger partial charge on any atom is 0.256 e. The van der Waals surface area contributed by atoms with E-state index in [1.807, 2.05) is 12.1 Å². The maximum atomic E-state index is 12.0. The predicted octanol–water partition coefficient (Wildman–Crippen LogP) is 1.52. The van der Waals surface area contributed by atoms with Crippen molar-refractivity contribution in [2.24, 2.45) is 0 Å². The summed E-state index contributed by atoms with van der Waals surface area (Å²) in [6.45, 7) is -0.263. The zero-order valence-electron chi connectivity index (χ0n) is 8.85. The monoisotopic (exact) mass is 292 g/mol. The van der Waals surface area contributed by atoms with Gasteiger partial charge >= 0.3 is 0 Å². The van der Waals surface area contributed by atoms with Crippen LogP contribution in [0.1, 0.15) is 10.4 Å². The largest absolute Gasteiger partial charge is 0.399 e. The maximum absolute atomic E-state index is 12.0. The summed E-state index contributed by atoms with van der Waals surface area (Å²) < 4.78 is 0.581. The number of carbonyl (C=O) groups is 1. The Balaban J connectivity index is 3.06. The van der Waals surface area contributed by atoms with Crippen LogP contribution in [0.4, 0.5) is 5.69 Å². The zero-order chi connectivity index (χ0) is 12.8. The quantitative estimate of drug-likeness (QED) is 0.675. The number of rotatable bonds is 3. The van der Waals surface area contributed by atoms with Gasteiger partial charge in [0.25, 0.3) is 5.91 Å². The van der Waals surface area contributed by atoms with Crippen LogP contribution in [0.5, 0.6) is 0 Å². The Bertz CT molecular complexity index is 499. The minimum absolute atomic E-state index is 0.131. The third-order valence-corrected chi connectivity index (χ3v) is 2.72. The standard InChI is InChI=1S/C11H9BrN4O/c12-10-2-1-8(15)7-9(10)11(17)16(5-3-13)6-4-14/h1-2,7H,5-6,15H2. The van der Waals surface area contributed by atoms with Crippen LogP contribution in [0.3, 0.4) is 0 Å². The van der Waals surface area contributed by atoms with Gasteiger partial charge in [-0.3, -0.25) is 4.79 Å². The van der Waals surface area contributed by atoms with Crippen molar-refractivity contribution in [3.63, 3.8) is 0 Å². The van der Waals surface area contributed by atoms with E-state index in [0.29, 0.717) is 15.7 Å². The molecule has 1 aromatic carbocycles. The molecule has 0 heterocycles. The Morgan fingerprint density at radius 1 is 1.35 bits per heavy atom. The molecular weight excluding hydrogens is 284 g/mol. The second-order valence-electron chi connectivity index (χ2n) is 3.22. The number of carbonyl (C=O) groups excluding carboxylic acids is 1. The van der Waals surface area contributed by atoms with E-state index in [1.165, 1.54) is 6.07 Å². The van der Waals surface area contributed by atoms with E-state index >= 15 is 0 Å². The molecule has 6 heteroatoms. The number of amides is 1. The second-order valence-corrected chi connectivity index (χ2v) is 4.07. The third-order valence-electron chi connectivity index (χ3n) is 2.03. The first-order valence-electron chi connectivity index (χ1n) is 4.68. The molecule has 2 N–H and O–H groups in total. The number of hydrogen-bond donors (Lipinski definition) is 1. The Morgan fingerprint density at radius 3 is 2.47 bits per heavy atom. The molecular formula is C11H9BrN4O. The lowest BCUT2D eigenvalue weighted by atomic mass is 10.2. The van der Waals surface area contributed by atoms with Crippen LogP contribution in [0.15, 0.2) is 22.7 Å². The molecule has 0 unspecified atom stereocenters. The van der Waals surface area contributed by atoms with Gasteiger partial charge in [0.2, 0.25) is 0 Å². The van der Waals surface area contributed by atoms with Gasteiger partial charge in [-0.05, 0) is 34.1 Å². The van der Waals surface area contributed by atoms with E-state index in [9.17, 15) is 4.79 Å². The molecule has 1 amide bonds. The highest BCUT2D eigenvalue weighted by Crippen LogP contribution is 2.21. The van der Waals surface area contributed by atoms with Gasteiger partial charge in [-0.25, -0.2) is 0 Å². The molecule has 0 bridgehead atoms. The average Bonchev–Trinajstić information content (AvgIpc) is 2.31. The summed E-state index contributed by atoms with van der Waals surface area (Å²) in [5.41, 5.74) is 6.38. The number of nitriles is 2. The molecule has 0 spiro atoms. The molecule has 17 heavy (non-hydrogen) atoms. The second kappa shape index (κ2) is 5.88. The van der Waals surface area contributed by atoms with Crippen LogP contribution in [-0.4, -0.2) is 23.9 Å². The number of benzene rings is 1. The highest BCUT2D eigenvalue weighted by molar-refractivity contribution is 9.10. The molecule has 0 aromatic heterocycles. The van der Waals surface area contributed by atoms with Gasteiger partial charge in [0, 0.05) is 10.2 Å². The normalized spacial score (nSPS) is 9.12. The van der Waals surface area contributed by atoms with Crippen LogP contribution < -0.4 is 5.73 Å². The summed E-state index contributed by atoms with van der Waals surface area (Å²) in [4.78, 5) is 13.2. The van der Waals surface area contributed by atoms with Crippen molar-refractivity contribution in [3.8, 4) is 12.1 Å². The van der Waals surface area contributed by atoms with Crippen molar-refractivity contribution in [2.75, 3.05) is 18.8 Å². The molecule has 5 nitrogen and oxygen atoms in total. The summed E-state index contributed by atoms with van der Waals surface area (Å²) in [5.74, 6) is -0.396. The molecule has 0 saturated carbocycles. The van der Waals surface area contributed by atoms with Crippen LogP contribution in [-0.2, 0) is 0 Å². The van der Waals surface area contributed by atoms with Crippen LogP contribution in [0.25, 0.3) is 0 Å². The number of nitrogen functional groups attached to an aromatic ring is 1. The van der Waals surface area contributed by atoms with E-state index < -0.39 is 5.91 Å². The van der Waals surface area contributed by atoms with Crippen molar-refractivity contribution in [1.29, 1.82) is 10.5 Å². The first kappa shape index (κ1) is 13.0. The predicted molar refractivity (Wildman–Crippen MR) is 65.7 cm³/mol. The summed E-state index contributed by atoms with van der Waals surface area (Å²) >= 11 is 3.23. The average molecular weight is 293 g/mol. The topological polar surface area (TPSA) is 93.9 Å². The Hall–Kier alpha value is -2.05. The van der Waals surface area contributed by atoms with Crippen molar-refractivity contribution in [1.82, 2.24) is 4.90 Å². The molecule has 0 aliphatic rings. The molecule has 0 saturated heterocycles. The third kappa shape index (κ3) is 3.20. The van der Waals surface area contributed by atoms with Crippen LogP contribution >= 0.6 is 15.9 Å². The fraction of sp³-hybridized carbons (Fsp3) is 0.182. The zero-order valence-corrected chi connectivity index (χ0v) is 10.4. The molecule has 0 atom stereocenters. The summed E-state index contributed by atoms with van der Waals surface area (Å²) in [6, 6.07) is 8.50. The smallest absolute Gasteiger partial charge is 0.256 e. The fourth-order valence-corrected chi connectivity index (χ4v) is 1.66. The molecule has 0 aliphatic carbocycles. The number of anilines is 1. The van der Waals surface area contributed by atoms with Crippen molar-refractivity contribution < 1.29 is 4.79 Å². The van der Waals surface area contributed by atoms with Gasteiger partial charge in [-0.15, -0.1) is 0 Å². The summed E-state index contributed by atoms with van der Waals surface area (Å²) in [6.07, 6.45) is 0. The first-order valence-corrected chi connectivity index (χ1v) is 5.47. The minimum atomic E-state index is -0.396. The van der Waals surface area contributed by atoms with Crippen molar-refractivity contribution in [3.05, 3.63) is 28.2 Å². The number of halogens is 1. The molecule has 1 rings (SSSR count). The van der Waals surface area contributed by atoms with Crippen molar-refractivity contribution >= 4 is 27.5 Å². The Morgan fingerprint density at radius 2 is 1.94 bits per heavy atom. The Kier molecular flexibility index (Phi) is 4.50. The van der Waals surface area contributed by atoms with Gasteiger partial charge in [-0.2, -0.15) is 10.5 Å². The van der Waals surface area contributed by atoms with E-state index in [1.54, 1.807) is 12.1 Å². The van der Waals surface area contributed by atoms with Crippen LogP contribution in [0.2, 0.25) is 0 Å². The lowest BCUT2D eigenvalue weighted by Gasteiger charge is -2.16. The van der Waals surface area contributed by atoms with Gasteiger partial charge in [0.1, 0.15) is 13.1 Å². The van der Waals surface area contributed by atoms with Gasteiger partial charge in [0.15, 0.2) is 0 Å². The highest BCUT2D eigenvalue weighted by atomic mass is 79.9. The van der Waals surface area contributed by atoms with E-state index in [0.717, 1.165) is 4.90 Å². The Labute approximate surface area is 107 Å². The molecule has 0 fully saturated rings. The van der Waals surface area contributed by atoms with Crippen LogP contribution in [0, 0.1) is 22.7 Å². The van der Waals surface area contributed by atoms with Gasteiger partial charge in [-0.1, -0.05) is 0 Å². The van der Waals surface area contributed by atoms with Gasteiger partial charge in [0.05, 0.1) is 17.7 Å². The van der Waals surface area contributed by atoms with E-state index in [2.05, 4.69) is 15.9 Å². The highest BCUT2D eigenvalue weighted by Gasteiger charge is 2.17. The number of nitrogens with two attached hydrogens (primary N) is 1. The minimum Gasteiger partial charge on any atom is -0.399 e. The number of nitrogens with zero attached hydrogens (tertiary/aromatic N) is 3. The molecule has 1 aromatic rings. The summed E-state index contributed by atoms with van der Waals surface area (Å²) in [7, 11) is 0. The first-order chi connectivity index (χ1) is 8.10. The SMILES string of the molecule is N#CCN(CC#N)C(=O)c1cc(N)ccc1Br. The van der Waals surface area contributed by atoms with Crippen molar-refractivity contribution in [2.45, 2.75) is 0 Å². The summed E-state index contributed by atoms with van der Waals surface area (Å²) in [5, 5.41) is 17.2. The van der Waals surface area contributed by atoms with E-state index in [-0.39, 0.29) is 13.1 Å². The van der Waals surface area contributed by atoms with E-state index in [4.69, 9.17) is 16.3 Å². The van der Waals surface area contributed by atoms with Gasteiger partial charge < -0.3 is 10.6 Å². The fourth-order valence-electron chi connectivity index (χ4n) is 1.25. The number of hydrogen-bond acceptors (Lipinski definition) is 4. The lowest BCUT2D eigenvalue weighted by Crippen LogP contribution is -2.32.